The SMILES string of the molecule is Cc1ccc2c3c4ccccc4c4c5ccccc5sc4c3n(-c3nc4c(ccc5ccccc54)nc3-c3ccccc3)c2c1. The van der Waals surface area contributed by atoms with Crippen LogP contribution in [0.2, 0.25) is 0 Å². The molecule has 3 nitrogen and oxygen atoms in total. The van der Waals surface area contributed by atoms with Crippen molar-refractivity contribution in [1.29, 1.82) is 0 Å². The second kappa shape index (κ2) is 9.21. The lowest BCUT2D eigenvalue weighted by Gasteiger charge is -2.15. The molecule has 0 amide bonds. The van der Waals surface area contributed by atoms with Gasteiger partial charge in [0, 0.05) is 37.2 Å². The van der Waals surface area contributed by atoms with Crippen LogP contribution < -0.4 is 0 Å². The van der Waals surface area contributed by atoms with Crippen molar-refractivity contribution in [3.8, 4) is 17.1 Å². The largest absolute Gasteiger partial charge is 0.290 e. The van der Waals surface area contributed by atoms with Crippen molar-refractivity contribution in [1.82, 2.24) is 14.5 Å². The van der Waals surface area contributed by atoms with E-state index in [-0.39, 0.29) is 0 Å². The predicted molar refractivity (Wildman–Crippen MR) is 192 cm³/mol. The summed E-state index contributed by atoms with van der Waals surface area (Å²) in [5, 5.41) is 9.91. The molecule has 0 saturated carbocycles. The van der Waals surface area contributed by atoms with E-state index in [9.17, 15) is 0 Å². The number of thiophene rings is 1. The average Bonchev–Trinajstić information content (AvgIpc) is 3.64. The first-order valence-corrected chi connectivity index (χ1v) is 16.1. The predicted octanol–water partition coefficient (Wildman–Crippen LogP) is 11.4. The molecule has 45 heavy (non-hydrogen) atoms. The summed E-state index contributed by atoms with van der Waals surface area (Å²) in [5.74, 6) is 0.852. The highest BCUT2D eigenvalue weighted by Gasteiger charge is 2.25. The second-order valence-corrected chi connectivity index (χ2v) is 12.9. The van der Waals surface area contributed by atoms with Crippen molar-refractivity contribution < 1.29 is 0 Å². The van der Waals surface area contributed by atoms with Gasteiger partial charge in [-0.25, -0.2) is 9.97 Å². The maximum atomic E-state index is 5.60. The molecule has 3 heterocycles. The zero-order chi connectivity index (χ0) is 29.6. The highest BCUT2D eigenvalue weighted by molar-refractivity contribution is 7.27. The van der Waals surface area contributed by atoms with E-state index in [1.165, 1.54) is 52.8 Å². The fourth-order valence-electron chi connectivity index (χ4n) is 7.23. The van der Waals surface area contributed by atoms with Gasteiger partial charge >= 0.3 is 0 Å². The van der Waals surface area contributed by atoms with E-state index in [1.807, 2.05) is 11.3 Å². The maximum absolute atomic E-state index is 5.60. The Morgan fingerprint density at radius 3 is 2.13 bits per heavy atom. The summed E-state index contributed by atoms with van der Waals surface area (Å²) >= 11 is 1.87. The number of benzene rings is 7. The average molecular weight is 592 g/mol. The summed E-state index contributed by atoms with van der Waals surface area (Å²) in [6.07, 6.45) is 0. The van der Waals surface area contributed by atoms with E-state index in [1.54, 1.807) is 0 Å². The molecule has 0 unspecified atom stereocenters. The van der Waals surface area contributed by atoms with E-state index in [0.717, 1.165) is 44.4 Å². The quantitative estimate of drug-likeness (QED) is 0.187. The Kier molecular flexibility index (Phi) is 5.08. The molecular formula is C41H25N3S. The summed E-state index contributed by atoms with van der Waals surface area (Å²) in [5.41, 5.74) is 7.28. The van der Waals surface area contributed by atoms with Crippen molar-refractivity contribution in [2.75, 3.05) is 0 Å². The Balaban J connectivity index is 1.50. The number of hydrogen-bond donors (Lipinski definition) is 0. The molecule has 0 N–H and O–H groups in total. The van der Waals surface area contributed by atoms with Crippen molar-refractivity contribution in [2.45, 2.75) is 6.92 Å². The molecule has 4 heteroatoms. The van der Waals surface area contributed by atoms with E-state index in [4.69, 9.17) is 9.97 Å². The molecule has 210 valence electrons. The number of aromatic nitrogens is 3. The van der Waals surface area contributed by atoms with E-state index in [0.29, 0.717) is 0 Å². The topological polar surface area (TPSA) is 30.7 Å². The van der Waals surface area contributed by atoms with Crippen LogP contribution in [0.3, 0.4) is 0 Å². The first-order valence-electron chi connectivity index (χ1n) is 15.3. The molecule has 0 atom stereocenters. The molecule has 0 aliphatic carbocycles. The first kappa shape index (κ1) is 24.8. The van der Waals surface area contributed by atoms with E-state index in [2.05, 4.69) is 145 Å². The molecule has 10 rings (SSSR count). The summed E-state index contributed by atoms with van der Waals surface area (Å²) in [7, 11) is 0. The van der Waals surface area contributed by atoms with Crippen LogP contribution in [0.25, 0.3) is 91.6 Å². The zero-order valence-corrected chi connectivity index (χ0v) is 25.3. The Labute approximate surface area is 262 Å². The van der Waals surface area contributed by atoms with Gasteiger partial charge < -0.3 is 0 Å². The number of aryl methyl sites for hydroxylation is 1. The smallest absolute Gasteiger partial charge is 0.165 e. The Morgan fingerprint density at radius 2 is 1.29 bits per heavy atom. The molecule has 7 aromatic carbocycles. The minimum atomic E-state index is 0.852. The fourth-order valence-corrected chi connectivity index (χ4v) is 8.49. The lowest BCUT2D eigenvalue weighted by molar-refractivity contribution is 1.08. The van der Waals surface area contributed by atoms with Gasteiger partial charge in [-0.2, -0.15) is 0 Å². The molecule has 0 radical (unpaired) electrons. The molecule has 0 bridgehead atoms. The number of hydrogen-bond acceptors (Lipinski definition) is 3. The molecule has 0 spiro atoms. The van der Waals surface area contributed by atoms with Gasteiger partial charge in [0.05, 0.1) is 26.8 Å². The second-order valence-electron chi connectivity index (χ2n) is 11.8. The molecule has 0 aliphatic rings. The summed E-state index contributed by atoms with van der Waals surface area (Å²) < 4.78 is 4.98. The van der Waals surface area contributed by atoms with Crippen LogP contribution in [0.5, 0.6) is 0 Å². The van der Waals surface area contributed by atoms with Crippen molar-refractivity contribution in [3.63, 3.8) is 0 Å². The lowest BCUT2D eigenvalue weighted by Crippen LogP contribution is -2.04. The first-order chi connectivity index (χ1) is 22.2. The Morgan fingerprint density at radius 1 is 0.578 bits per heavy atom. The van der Waals surface area contributed by atoms with Crippen LogP contribution in [0.4, 0.5) is 0 Å². The molecule has 10 aromatic rings. The van der Waals surface area contributed by atoms with Crippen molar-refractivity contribution in [3.05, 3.63) is 139 Å². The highest BCUT2D eigenvalue weighted by Crippen LogP contribution is 2.48. The van der Waals surface area contributed by atoms with Crippen LogP contribution in [0.1, 0.15) is 5.56 Å². The third-order valence-corrected chi connectivity index (χ3v) is 10.4. The number of nitrogens with zero attached hydrogens (tertiary/aromatic N) is 3. The molecular weight excluding hydrogens is 567 g/mol. The highest BCUT2D eigenvalue weighted by atomic mass is 32.1. The van der Waals surface area contributed by atoms with Crippen molar-refractivity contribution in [2.24, 2.45) is 0 Å². The van der Waals surface area contributed by atoms with Gasteiger partial charge in [0.15, 0.2) is 5.82 Å². The van der Waals surface area contributed by atoms with Gasteiger partial charge in [-0.3, -0.25) is 4.57 Å². The zero-order valence-electron chi connectivity index (χ0n) is 24.5. The minimum Gasteiger partial charge on any atom is -0.290 e. The third-order valence-electron chi connectivity index (χ3n) is 9.20. The lowest BCUT2D eigenvalue weighted by atomic mass is 9.98. The van der Waals surface area contributed by atoms with Crippen LogP contribution >= 0.6 is 11.3 Å². The van der Waals surface area contributed by atoms with E-state index >= 15 is 0 Å². The van der Waals surface area contributed by atoms with Gasteiger partial charge in [0.25, 0.3) is 0 Å². The van der Waals surface area contributed by atoms with Crippen LogP contribution in [-0.2, 0) is 0 Å². The Bertz CT molecular complexity index is 2820. The third kappa shape index (κ3) is 3.46. The monoisotopic (exact) mass is 591 g/mol. The van der Waals surface area contributed by atoms with Gasteiger partial charge in [-0.05, 0) is 46.8 Å². The van der Waals surface area contributed by atoms with Gasteiger partial charge in [-0.1, -0.05) is 115 Å². The van der Waals surface area contributed by atoms with Crippen LogP contribution in [0.15, 0.2) is 133 Å². The molecule has 3 aromatic heterocycles. The standard InChI is InChI=1S/C41H25N3S/c1-24-19-21-30-33(23-24)44(39-35(30)28-15-7-8-16-29(28)36-31-17-9-10-18-34(31)45-40(36)39)41-37(26-12-3-2-4-13-26)42-32-22-20-25-11-5-6-14-27(25)38(32)43-41/h2-23H,1H3. The van der Waals surface area contributed by atoms with Gasteiger partial charge in [0.1, 0.15) is 5.69 Å². The van der Waals surface area contributed by atoms with Crippen LogP contribution in [-0.4, -0.2) is 14.5 Å². The Hall–Kier alpha value is -5.58. The normalized spacial score (nSPS) is 12.1. The molecule has 0 saturated heterocycles. The molecule has 0 aliphatic heterocycles. The minimum absolute atomic E-state index is 0.852. The van der Waals surface area contributed by atoms with E-state index < -0.39 is 0 Å². The van der Waals surface area contributed by atoms with Gasteiger partial charge in [0.2, 0.25) is 0 Å². The van der Waals surface area contributed by atoms with Crippen LogP contribution in [0, 0.1) is 6.92 Å². The van der Waals surface area contributed by atoms with Gasteiger partial charge in [-0.15, -0.1) is 11.3 Å². The fraction of sp³-hybridized carbons (Fsp3) is 0.0244. The number of rotatable bonds is 2. The summed E-state index contributed by atoms with van der Waals surface area (Å²) in [4.78, 5) is 11.0. The summed E-state index contributed by atoms with van der Waals surface area (Å²) in [6.45, 7) is 2.17. The number of fused-ring (bicyclic) bond motifs is 13. The van der Waals surface area contributed by atoms with Crippen molar-refractivity contribution >= 4 is 85.9 Å². The molecule has 0 fully saturated rings. The summed E-state index contributed by atoms with van der Waals surface area (Å²) in [6, 6.07) is 47.8. The maximum Gasteiger partial charge on any atom is 0.165 e.